The van der Waals surface area contributed by atoms with Gasteiger partial charge in [-0.15, -0.1) is 11.3 Å². The highest BCUT2D eigenvalue weighted by atomic mass is 32.2. The summed E-state index contributed by atoms with van der Waals surface area (Å²) in [6.07, 6.45) is -1.09. The lowest BCUT2D eigenvalue weighted by Gasteiger charge is -2.16. The molecule has 0 aliphatic carbocycles. The number of benzene rings is 2. The van der Waals surface area contributed by atoms with Crippen molar-refractivity contribution in [1.29, 1.82) is 0 Å². The fraction of sp³-hybridized carbons (Fsp3) is 0.227. The summed E-state index contributed by atoms with van der Waals surface area (Å²) in [6.45, 7) is 7.02. The molecule has 1 N–H and O–H groups in total. The van der Waals surface area contributed by atoms with Crippen LogP contribution in [-0.2, 0) is 9.53 Å². The zero-order valence-corrected chi connectivity index (χ0v) is 19.5. The van der Waals surface area contributed by atoms with Gasteiger partial charge in [0, 0.05) is 22.8 Å². The van der Waals surface area contributed by atoms with Crippen LogP contribution in [0.15, 0.2) is 51.0 Å². The standard InChI is InChI=1S/C22H21N3O5S2/c1-12-6-5-7-13(2)19(12)24-20(26)15(4)30-21(27)16-8-9-18(17(10-16)25(28)29)32-22-23-14(3)11-31-22/h5-11,15H,1-4H3,(H,24,26). The van der Waals surface area contributed by atoms with Gasteiger partial charge in [0.15, 0.2) is 10.4 Å². The number of ether oxygens (including phenoxy) is 1. The van der Waals surface area contributed by atoms with Gasteiger partial charge in [-0.05, 0) is 51.0 Å². The van der Waals surface area contributed by atoms with Gasteiger partial charge < -0.3 is 10.1 Å². The number of nitro benzene ring substituents is 1. The van der Waals surface area contributed by atoms with Crippen molar-refractivity contribution in [3.63, 3.8) is 0 Å². The molecule has 0 aliphatic rings. The molecule has 32 heavy (non-hydrogen) atoms. The fourth-order valence-corrected chi connectivity index (χ4v) is 4.74. The summed E-state index contributed by atoms with van der Waals surface area (Å²) in [5.74, 6) is -1.31. The molecule has 1 amide bonds. The molecule has 0 bridgehead atoms. The molecular weight excluding hydrogens is 450 g/mol. The lowest BCUT2D eigenvalue weighted by Crippen LogP contribution is -2.30. The van der Waals surface area contributed by atoms with Crippen LogP contribution in [0.1, 0.15) is 34.1 Å². The van der Waals surface area contributed by atoms with E-state index in [0.29, 0.717) is 14.9 Å². The second-order valence-electron chi connectivity index (χ2n) is 7.10. The number of para-hydroxylation sites is 1. The van der Waals surface area contributed by atoms with Crippen LogP contribution in [0.25, 0.3) is 0 Å². The summed E-state index contributed by atoms with van der Waals surface area (Å²) in [5.41, 5.74) is 3.02. The summed E-state index contributed by atoms with van der Waals surface area (Å²) < 4.78 is 5.92. The maximum absolute atomic E-state index is 12.6. The molecule has 0 aliphatic heterocycles. The number of aromatic nitrogens is 1. The SMILES string of the molecule is Cc1csc(Sc2ccc(C(=O)OC(C)C(=O)Nc3c(C)cccc3C)cc2[N+](=O)[O-])n1. The Hall–Kier alpha value is -3.24. The van der Waals surface area contributed by atoms with Gasteiger partial charge >= 0.3 is 5.97 Å². The summed E-state index contributed by atoms with van der Waals surface area (Å²) in [5, 5.41) is 16.2. The molecule has 1 heterocycles. The van der Waals surface area contributed by atoms with Crippen LogP contribution < -0.4 is 5.32 Å². The number of nitrogens with one attached hydrogen (secondary N) is 1. The number of esters is 1. The van der Waals surface area contributed by atoms with E-state index in [4.69, 9.17) is 4.74 Å². The second kappa shape index (κ2) is 9.92. The van der Waals surface area contributed by atoms with E-state index in [1.165, 1.54) is 30.4 Å². The van der Waals surface area contributed by atoms with Crippen molar-refractivity contribution in [3.8, 4) is 0 Å². The molecule has 2 aromatic carbocycles. The lowest BCUT2D eigenvalue weighted by molar-refractivity contribution is -0.387. The van der Waals surface area contributed by atoms with E-state index in [1.807, 2.05) is 44.4 Å². The Labute approximate surface area is 193 Å². The van der Waals surface area contributed by atoms with Crippen molar-refractivity contribution in [2.45, 2.75) is 43.0 Å². The normalized spacial score (nSPS) is 11.6. The molecule has 0 radical (unpaired) electrons. The van der Waals surface area contributed by atoms with Crippen molar-refractivity contribution in [1.82, 2.24) is 4.98 Å². The monoisotopic (exact) mass is 471 g/mol. The molecule has 1 atom stereocenters. The van der Waals surface area contributed by atoms with Crippen molar-refractivity contribution < 1.29 is 19.2 Å². The fourth-order valence-electron chi connectivity index (χ4n) is 2.87. The molecule has 3 aromatic rings. The number of amides is 1. The summed E-state index contributed by atoms with van der Waals surface area (Å²) in [4.78, 5) is 40.7. The van der Waals surface area contributed by atoms with Crippen LogP contribution in [0.5, 0.6) is 0 Å². The van der Waals surface area contributed by atoms with E-state index < -0.39 is 22.9 Å². The molecule has 8 nitrogen and oxygen atoms in total. The Balaban J connectivity index is 1.73. The molecule has 1 unspecified atom stereocenters. The molecule has 1 aromatic heterocycles. The Morgan fingerprint density at radius 2 is 1.88 bits per heavy atom. The number of rotatable bonds is 7. The zero-order chi connectivity index (χ0) is 23.4. The molecule has 10 heteroatoms. The average molecular weight is 472 g/mol. The van der Waals surface area contributed by atoms with E-state index in [2.05, 4.69) is 10.3 Å². The van der Waals surface area contributed by atoms with Gasteiger partial charge in [-0.1, -0.05) is 30.0 Å². The highest BCUT2D eigenvalue weighted by Crippen LogP contribution is 2.37. The highest BCUT2D eigenvalue weighted by molar-refractivity contribution is 8.01. The van der Waals surface area contributed by atoms with Crippen molar-refractivity contribution in [3.05, 3.63) is 74.3 Å². The first-order chi connectivity index (χ1) is 15.2. The third-order valence-electron chi connectivity index (χ3n) is 4.57. The van der Waals surface area contributed by atoms with Crippen molar-refractivity contribution in [2.24, 2.45) is 0 Å². The Morgan fingerprint density at radius 1 is 1.19 bits per heavy atom. The number of anilines is 1. The molecule has 3 rings (SSSR count). The Kier molecular flexibility index (Phi) is 7.26. The van der Waals surface area contributed by atoms with Gasteiger partial charge in [-0.25, -0.2) is 9.78 Å². The smallest absolute Gasteiger partial charge is 0.339 e. The quantitative estimate of drug-likeness (QED) is 0.282. The Morgan fingerprint density at radius 3 is 2.47 bits per heavy atom. The molecule has 166 valence electrons. The molecular formula is C22H21N3O5S2. The summed E-state index contributed by atoms with van der Waals surface area (Å²) >= 11 is 2.54. The molecule has 0 fully saturated rings. The van der Waals surface area contributed by atoms with Gasteiger partial charge in [0.25, 0.3) is 11.6 Å². The first kappa shape index (κ1) is 23.4. The zero-order valence-electron chi connectivity index (χ0n) is 17.9. The number of thiazole rings is 1. The van der Waals surface area contributed by atoms with Crippen LogP contribution in [-0.4, -0.2) is 27.9 Å². The van der Waals surface area contributed by atoms with E-state index in [1.54, 1.807) is 0 Å². The van der Waals surface area contributed by atoms with E-state index >= 15 is 0 Å². The van der Waals surface area contributed by atoms with Crippen LogP contribution in [0.3, 0.4) is 0 Å². The highest BCUT2D eigenvalue weighted by Gasteiger charge is 2.24. The molecule has 0 spiro atoms. The van der Waals surface area contributed by atoms with E-state index in [9.17, 15) is 19.7 Å². The molecule has 0 saturated carbocycles. The minimum absolute atomic E-state index is 0.0110. The van der Waals surface area contributed by atoms with Crippen LogP contribution in [0.2, 0.25) is 0 Å². The summed E-state index contributed by atoms with van der Waals surface area (Å²) in [6, 6.07) is 9.69. The van der Waals surface area contributed by atoms with Crippen LogP contribution in [0.4, 0.5) is 11.4 Å². The maximum atomic E-state index is 12.6. The Bertz CT molecular complexity index is 1170. The third-order valence-corrected chi connectivity index (χ3v) is 6.69. The first-order valence-electron chi connectivity index (χ1n) is 9.62. The maximum Gasteiger partial charge on any atom is 0.339 e. The van der Waals surface area contributed by atoms with E-state index in [-0.39, 0.29) is 11.3 Å². The first-order valence-corrected chi connectivity index (χ1v) is 11.3. The molecule has 0 saturated heterocycles. The number of carbonyl (C=O) groups is 2. The van der Waals surface area contributed by atoms with Gasteiger partial charge in [0.05, 0.1) is 15.4 Å². The second-order valence-corrected chi connectivity index (χ2v) is 9.25. The van der Waals surface area contributed by atoms with Crippen LogP contribution in [0, 0.1) is 30.9 Å². The minimum Gasteiger partial charge on any atom is -0.449 e. The number of hydrogen-bond acceptors (Lipinski definition) is 8. The van der Waals surface area contributed by atoms with Gasteiger partial charge in [0.1, 0.15) is 0 Å². The average Bonchev–Trinajstić information content (AvgIpc) is 3.15. The largest absolute Gasteiger partial charge is 0.449 e. The topological polar surface area (TPSA) is 111 Å². The van der Waals surface area contributed by atoms with Gasteiger partial charge in [-0.3, -0.25) is 14.9 Å². The number of nitro groups is 1. The lowest BCUT2D eigenvalue weighted by atomic mass is 10.1. The van der Waals surface area contributed by atoms with Crippen molar-refractivity contribution >= 4 is 46.3 Å². The van der Waals surface area contributed by atoms with Crippen LogP contribution >= 0.6 is 23.1 Å². The number of carbonyl (C=O) groups excluding carboxylic acids is 2. The van der Waals surface area contributed by atoms with Gasteiger partial charge in [-0.2, -0.15) is 0 Å². The predicted molar refractivity (Wildman–Crippen MR) is 123 cm³/mol. The minimum atomic E-state index is -1.09. The third kappa shape index (κ3) is 5.51. The van der Waals surface area contributed by atoms with Crippen molar-refractivity contribution in [2.75, 3.05) is 5.32 Å². The number of hydrogen-bond donors (Lipinski definition) is 1. The number of nitrogens with zero attached hydrogens (tertiary/aromatic N) is 2. The van der Waals surface area contributed by atoms with E-state index in [0.717, 1.165) is 34.6 Å². The predicted octanol–water partition coefficient (Wildman–Crippen LogP) is 5.31. The summed E-state index contributed by atoms with van der Waals surface area (Å²) in [7, 11) is 0. The number of aryl methyl sites for hydroxylation is 3. The van der Waals surface area contributed by atoms with Gasteiger partial charge in [0.2, 0.25) is 0 Å².